The first-order valence-corrected chi connectivity index (χ1v) is 6.78. The molecular weight excluding hydrogens is 232 g/mol. The molecule has 0 heterocycles. The van der Waals surface area contributed by atoms with Crippen molar-refractivity contribution in [2.75, 3.05) is 18.5 Å². The van der Waals surface area contributed by atoms with Crippen LogP contribution in [0.3, 0.4) is 0 Å². The van der Waals surface area contributed by atoms with Gasteiger partial charge in [-0.05, 0) is 44.7 Å². The molecule has 94 valence electrons. The number of hydrogen-bond acceptors (Lipinski definition) is 3. The number of nitrogens with one attached hydrogen (secondary N) is 1. The lowest BCUT2D eigenvalue weighted by Gasteiger charge is -2.22. The molecule has 1 aromatic carbocycles. The lowest BCUT2D eigenvalue weighted by atomic mass is 10.1. The van der Waals surface area contributed by atoms with Crippen LogP contribution < -0.4 is 11.1 Å². The molecule has 0 aromatic heterocycles. The highest BCUT2D eigenvalue weighted by atomic mass is 32.2. The Morgan fingerprint density at radius 3 is 2.65 bits per heavy atom. The van der Waals surface area contributed by atoms with Crippen molar-refractivity contribution < 1.29 is 4.79 Å². The van der Waals surface area contributed by atoms with Crippen molar-refractivity contribution in [1.29, 1.82) is 0 Å². The Labute approximate surface area is 107 Å². The Hall–Kier alpha value is -1.16. The van der Waals surface area contributed by atoms with E-state index in [1.165, 1.54) is 0 Å². The van der Waals surface area contributed by atoms with Crippen LogP contribution >= 0.6 is 11.8 Å². The second kappa shape index (κ2) is 5.45. The van der Waals surface area contributed by atoms with Gasteiger partial charge in [0.1, 0.15) is 0 Å². The fraction of sp³-hybridized carbons (Fsp3) is 0.462. The van der Waals surface area contributed by atoms with Gasteiger partial charge >= 0.3 is 0 Å². The maximum Gasteiger partial charge on any atom is 0.251 e. The van der Waals surface area contributed by atoms with Gasteiger partial charge in [0, 0.05) is 22.5 Å². The SMILES string of the molecule is CSC(C)(C)CNC(=O)c1ccc(C)c(N)c1. The second-order valence-electron chi connectivity index (χ2n) is 4.72. The highest BCUT2D eigenvalue weighted by molar-refractivity contribution is 7.99. The molecule has 0 aliphatic carbocycles. The van der Waals surface area contributed by atoms with Crippen LogP contribution in [0.1, 0.15) is 29.8 Å². The van der Waals surface area contributed by atoms with E-state index in [9.17, 15) is 4.79 Å². The van der Waals surface area contributed by atoms with E-state index in [-0.39, 0.29) is 10.7 Å². The average Bonchev–Trinajstić information content (AvgIpc) is 2.30. The first-order chi connectivity index (χ1) is 7.85. The zero-order valence-corrected chi connectivity index (χ0v) is 11.6. The minimum atomic E-state index is -0.0705. The van der Waals surface area contributed by atoms with E-state index < -0.39 is 0 Å². The van der Waals surface area contributed by atoms with Gasteiger partial charge in [-0.1, -0.05) is 6.07 Å². The highest BCUT2D eigenvalue weighted by Gasteiger charge is 2.17. The molecule has 0 aliphatic rings. The maximum atomic E-state index is 11.9. The zero-order chi connectivity index (χ0) is 13.1. The summed E-state index contributed by atoms with van der Waals surface area (Å²) in [5.41, 5.74) is 8.04. The third kappa shape index (κ3) is 3.97. The quantitative estimate of drug-likeness (QED) is 0.809. The van der Waals surface area contributed by atoms with E-state index in [0.717, 1.165) is 5.56 Å². The second-order valence-corrected chi connectivity index (χ2v) is 6.23. The Morgan fingerprint density at radius 2 is 2.12 bits per heavy atom. The largest absolute Gasteiger partial charge is 0.398 e. The molecule has 0 fully saturated rings. The molecule has 0 atom stereocenters. The molecule has 17 heavy (non-hydrogen) atoms. The van der Waals surface area contributed by atoms with Crippen LogP contribution in [0.25, 0.3) is 0 Å². The predicted molar refractivity (Wildman–Crippen MR) is 75.5 cm³/mol. The van der Waals surface area contributed by atoms with Gasteiger partial charge in [-0.25, -0.2) is 0 Å². The number of hydrogen-bond donors (Lipinski definition) is 2. The molecule has 0 saturated carbocycles. The van der Waals surface area contributed by atoms with Crippen molar-refractivity contribution in [3.63, 3.8) is 0 Å². The molecule has 1 rings (SSSR count). The summed E-state index contributed by atoms with van der Waals surface area (Å²) in [7, 11) is 0. The van der Waals surface area contributed by atoms with Crippen LogP contribution in [0.15, 0.2) is 18.2 Å². The predicted octanol–water partition coefficient (Wildman–Crippen LogP) is 2.45. The molecule has 3 nitrogen and oxygen atoms in total. The number of amides is 1. The smallest absolute Gasteiger partial charge is 0.251 e. The summed E-state index contributed by atoms with van der Waals surface area (Å²) in [5.74, 6) is -0.0705. The molecule has 1 amide bonds. The third-order valence-electron chi connectivity index (χ3n) is 2.77. The van der Waals surface area contributed by atoms with Crippen molar-refractivity contribution in [2.24, 2.45) is 0 Å². The lowest BCUT2D eigenvalue weighted by Crippen LogP contribution is -2.36. The minimum absolute atomic E-state index is 0.0475. The average molecular weight is 252 g/mol. The van der Waals surface area contributed by atoms with Crippen molar-refractivity contribution in [1.82, 2.24) is 5.32 Å². The molecule has 0 bridgehead atoms. The Morgan fingerprint density at radius 1 is 1.47 bits per heavy atom. The van der Waals surface area contributed by atoms with Crippen LogP contribution in [-0.2, 0) is 0 Å². The summed E-state index contributed by atoms with van der Waals surface area (Å²) in [4.78, 5) is 11.9. The topological polar surface area (TPSA) is 55.1 Å². The fourth-order valence-electron chi connectivity index (χ4n) is 1.25. The summed E-state index contributed by atoms with van der Waals surface area (Å²) in [6.45, 7) is 6.76. The molecule has 1 aromatic rings. The van der Waals surface area contributed by atoms with Gasteiger partial charge < -0.3 is 11.1 Å². The minimum Gasteiger partial charge on any atom is -0.398 e. The summed E-state index contributed by atoms with van der Waals surface area (Å²) in [6.07, 6.45) is 2.04. The van der Waals surface area contributed by atoms with Gasteiger partial charge in [-0.2, -0.15) is 11.8 Å². The number of nitrogens with two attached hydrogens (primary N) is 1. The molecule has 0 radical (unpaired) electrons. The lowest BCUT2D eigenvalue weighted by molar-refractivity contribution is 0.0951. The van der Waals surface area contributed by atoms with Gasteiger partial charge in [0.15, 0.2) is 0 Å². The first-order valence-electron chi connectivity index (χ1n) is 5.55. The Kier molecular flexibility index (Phi) is 4.46. The van der Waals surface area contributed by atoms with Gasteiger partial charge in [-0.15, -0.1) is 0 Å². The van der Waals surface area contributed by atoms with Gasteiger partial charge in [0.05, 0.1) is 0 Å². The van der Waals surface area contributed by atoms with Crippen molar-refractivity contribution in [2.45, 2.75) is 25.5 Å². The van der Waals surface area contributed by atoms with Crippen LogP contribution in [0, 0.1) is 6.92 Å². The summed E-state index contributed by atoms with van der Waals surface area (Å²) < 4.78 is 0.0475. The van der Waals surface area contributed by atoms with Gasteiger partial charge in [0.25, 0.3) is 5.91 Å². The molecule has 0 saturated heterocycles. The first kappa shape index (κ1) is 13.9. The molecule has 3 N–H and O–H groups in total. The normalized spacial score (nSPS) is 11.3. The van der Waals surface area contributed by atoms with Crippen molar-refractivity contribution in [3.8, 4) is 0 Å². The number of aryl methyl sites for hydroxylation is 1. The Balaban J connectivity index is 2.68. The van der Waals surface area contributed by atoms with E-state index in [4.69, 9.17) is 5.73 Å². The summed E-state index contributed by atoms with van der Waals surface area (Å²) >= 11 is 1.73. The van der Waals surface area contributed by atoms with Gasteiger partial charge in [0.2, 0.25) is 0 Å². The van der Waals surface area contributed by atoms with Crippen LogP contribution in [0.2, 0.25) is 0 Å². The van der Waals surface area contributed by atoms with E-state index in [1.807, 2.05) is 19.2 Å². The van der Waals surface area contributed by atoms with Crippen LogP contribution in [0.5, 0.6) is 0 Å². The fourth-order valence-corrected chi connectivity index (χ4v) is 1.47. The summed E-state index contributed by atoms with van der Waals surface area (Å²) in [5, 5.41) is 2.92. The van der Waals surface area contributed by atoms with Crippen molar-refractivity contribution in [3.05, 3.63) is 29.3 Å². The summed E-state index contributed by atoms with van der Waals surface area (Å²) in [6, 6.07) is 5.38. The number of thioether (sulfide) groups is 1. The maximum absolute atomic E-state index is 11.9. The van der Waals surface area contributed by atoms with E-state index in [1.54, 1.807) is 23.9 Å². The standard InChI is InChI=1S/C13H20N2OS/c1-9-5-6-10(7-11(9)14)12(16)15-8-13(2,3)17-4/h5-7H,8,14H2,1-4H3,(H,15,16). The highest BCUT2D eigenvalue weighted by Crippen LogP contribution is 2.20. The van der Waals surface area contributed by atoms with Crippen molar-refractivity contribution >= 4 is 23.4 Å². The number of benzene rings is 1. The van der Waals surface area contributed by atoms with Crippen LogP contribution in [0.4, 0.5) is 5.69 Å². The van der Waals surface area contributed by atoms with Gasteiger partial charge in [-0.3, -0.25) is 4.79 Å². The molecule has 4 heteroatoms. The third-order valence-corrected chi connectivity index (χ3v) is 4.02. The zero-order valence-electron chi connectivity index (χ0n) is 10.8. The van der Waals surface area contributed by atoms with E-state index in [0.29, 0.717) is 17.8 Å². The number of rotatable bonds is 4. The number of nitrogen functional groups attached to an aromatic ring is 1. The number of carbonyl (C=O) groups is 1. The number of anilines is 1. The molecule has 0 spiro atoms. The monoisotopic (exact) mass is 252 g/mol. The number of carbonyl (C=O) groups excluding carboxylic acids is 1. The van der Waals surface area contributed by atoms with E-state index in [2.05, 4.69) is 19.2 Å². The molecular formula is C13H20N2OS. The van der Waals surface area contributed by atoms with Crippen LogP contribution in [-0.4, -0.2) is 23.5 Å². The Bertz CT molecular complexity index is 416. The molecule has 0 aliphatic heterocycles. The molecule has 0 unspecified atom stereocenters. The van der Waals surface area contributed by atoms with E-state index >= 15 is 0 Å².